The van der Waals surface area contributed by atoms with Gasteiger partial charge in [0, 0.05) is 24.4 Å². The summed E-state index contributed by atoms with van der Waals surface area (Å²) in [6.07, 6.45) is 3.12. The van der Waals surface area contributed by atoms with Gasteiger partial charge in [0.15, 0.2) is 5.89 Å². The van der Waals surface area contributed by atoms with Gasteiger partial charge in [-0.05, 0) is 17.7 Å². The maximum atomic E-state index is 5.90. The van der Waals surface area contributed by atoms with Crippen LogP contribution in [0.1, 0.15) is 17.2 Å². The van der Waals surface area contributed by atoms with Gasteiger partial charge in [-0.1, -0.05) is 23.7 Å². The molecular formula is C12H13ClN2O. The summed E-state index contributed by atoms with van der Waals surface area (Å²) in [6, 6.07) is 7.71. The molecule has 0 spiro atoms. The number of rotatable bonds is 4. The molecule has 0 saturated carbocycles. The fourth-order valence-corrected chi connectivity index (χ4v) is 1.73. The molecule has 2 N–H and O–H groups in total. The van der Waals surface area contributed by atoms with E-state index in [1.165, 1.54) is 0 Å². The van der Waals surface area contributed by atoms with Crippen molar-refractivity contribution in [1.82, 2.24) is 4.98 Å². The maximum Gasteiger partial charge on any atom is 0.195 e. The summed E-state index contributed by atoms with van der Waals surface area (Å²) in [5, 5.41) is 0.735. The van der Waals surface area contributed by atoms with E-state index in [1.807, 2.05) is 24.3 Å². The molecule has 0 amide bonds. The molecule has 3 nitrogen and oxygen atoms in total. The minimum Gasteiger partial charge on any atom is -0.445 e. The van der Waals surface area contributed by atoms with Crippen LogP contribution in [0.25, 0.3) is 0 Å². The van der Waals surface area contributed by atoms with Gasteiger partial charge in [0.1, 0.15) is 5.76 Å². The van der Waals surface area contributed by atoms with Crippen molar-refractivity contribution >= 4 is 11.6 Å². The Bertz CT molecular complexity index is 468. The van der Waals surface area contributed by atoms with Gasteiger partial charge >= 0.3 is 0 Å². The third kappa shape index (κ3) is 2.84. The number of benzene rings is 1. The first-order chi connectivity index (χ1) is 7.78. The van der Waals surface area contributed by atoms with E-state index >= 15 is 0 Å². The van der Waals surface area contributed by atoms with Crippen LogP contribution in [-0.4, -0.2) is 11.5 Å². The minimum atomic E-state index is 0.553. The number of hydrogen-bond donors (Lipinski definition) is 1. The Hall–Kier alpha value is -1.32. The first-order valence-corrected chi connectivity index (χ1v) is 5.54. The first-order valence-electron chi connectivity index (χ1n) is 5.16. The van der Waals surface area contributed by atoms with Crippen LogP contribution in [-0.2, 0) is 12.8 Å². The molecule has 0 unspecified atom stereocenters. The molecule has 1 aromatic carbocycles. The predicted octanol–water partition coefficient (Wildman–Crippen LogP) is 2.42. The van der Waals surface area contributed by atoms with Crippen LogP contribution in [0.2, 0.25) is 5.02 Å². The minimum absolute atomic E-state index is 0.553. The van der Waals surface area contributed by atoms with Gasteiger partial charge in [0.2, 0.25) is 0 Å². The molecule has 0 fully saturated rings. The van der Waals surface area contributed by atoms with Crippen LogP contribution < -0.4 is 5.73 Å². The zero-order chi connectivity index (χ0) is 11.4. The van der Waals surface area contributed by atoms with Gasteiger partial charge in [-0.2, -0.15) is 0 Å². The molecule has 0 saturated heterocycles. The Morgan fingerprint density at radius 2 is 2.25 bits per heavy atom. The molecule has 0 radical (unpaired) electrons. The Labute approximate surface area is 99.2 Å². The molecule has 1 heterocycles. The summed E-state index contributed by atoms with van der Waals surface area (Å²) in [4.78, 5) is 4.14. The van der Waals surface area contributed by atoms with Crippen molar-refractivity contribution in [2.75, 3.05) is 6.54 Å². The zero-order valence-electron chi connectivity index (χ0n) is 8.82. The zero-order valence-corrected chi connectivity index (χ0v) is 9.57. The Kier molecular flexibility index (Phi) is 3.59. The quantitative estimate of drug-likeness (QED) is 0.887. The third-order valence-electron chi connectivity index (χ3n) is 2.23. The van der Waals surface area contributed by atoms with Crippen LogP contribution in [0.5, 0.6) is 0 Å². The highest BCUT2D eigenvalue weighted by molar-refractivity contribution is 6.30. The molecule has 84 valence electrons. The van der Waals surface area contributed by atoms with Crippen LogP contribution in [0, 0.1) is 0 Å². The van der Waals surface area contributed by atoms with Gasteiger partial charge in [-0.15, -0.1) is 0 Å². The molecular weight excluding hydrogens is 224 g/mol. The van der Waals surface area contributed by atoms with Crippen molar-refractivity contribution in [3.63, 3.8) is 0 Å². The SMILES string of the molecule is NCCc1ncc(Cc2cccc(Cl)c2)o1. The van der Waals surface area contributed by atoms with E-state index in [-0.39, 0.29) is 0 Å². The van der Waals surface area contributed by atoms with Crippen molar-refractivity contribution < 1.29 is 4.42 Å². The second-order valence-electron chi connectivity index (χ2n) is 3.57. The topological polar surface area (TPSA) is 52.0 Å². The first kappa shape index (κ1) is 11.2. The standard InChI is InChI=1S/C12H13ClN2O/c13-10-3-1-2-9(6-10)7-11-8-15-12(16-11)4-5-14/h1-3,6,8H,4-5,7,14H2. The van der Waals surface area contributed by atoms with Crippen LogP contribution in [0.15, 0.2) is 34.9 Å². The number of aromatic nitrogens is 1. The Morgan fingerprint density at radius 1 is 1.38 bits per heavy atom. The lowest BCUT2D eigenvalue weighted by Gasteiger charge is -1.98. The largest absolute Gasteiger partial charge is 0.445 e. The van der Waals surface area contributed by atoms with Gasteiger partial charge in [-0.25, -0.2) is 4.98 Å². The lowest BCUT2D eigenvalue weighted by molar-refractivity contribution is 0.463. The smallest absolute Gasteiger partial charge is 0.195 e. The van der Waals surface area contributed by atoms with Crippen molar-refractivity contribution in [2.24, 2.45) is 5.73 Å². The summed E-state index contributed by atoms with van der Waals surface area (Å²) >= 11 is 5.90. The summed E-state index contributed by atoms with van der Waals surface area (Å²) in [5.74, 6) is 1.53. The fourth-order valence-electron chi connectivity index (χ4n) is 1.52. The van der Waals surface area contributed by atoms with E-state index in [2.05, 4.69) is 4.98 Å². The number of nitrogens with zero attached hydrogens (tertiary/aromatic N) is 1. The number of nitrogens with two attached hydrogens (primary N) is 1. The van der Waals surface area contributed by atoms with E-state index in [9.17, 15) is 0 Å². The number of halogens is 1. The molecule has 0 aliphatic heterocycles. The molecule has 1 aromatic heterocycles. The maximum absolute atomic E-state index is 5.90. The van der Waals surface area contributed by atoms with Gasteiger partial charge in [0.25, 0.3) is 0 Å². The second-order valence-corrected chi connectivity index (χ2v) is 4.00. The van der Waals surface area contributed by atoms with Gasteiger partial charge in [-0.3, -0.25) is 0 Å². The monoisotopic (exact) mass is 236 g/mol. The second kappa shape index (κ2) is 5.14. The molecule has 0 bridgehead atoms. The third-order valence-corrected chi connectivity index (χ3v) is 2.46. The molecule has 0 aliphatic rings. The highest BCUT2D eigenvalue weighted by Gasteiger charge is 2.04. The average molecular weight is 237 g/mol. The van der Waals surface area contributed by atoms with E-state index in [0.717, 1.165) is 16.3 Å². The predicted molar refractivity (Wildman–Crippen MR) is 63.5 cm³/mol. The molecule has 2 aromatic rings. The van der Waals surface area contributed by atoms with Crippen LogP contribution >= 0.6 is 11.6 Å². The summed E-state index contributed by atoms with van der Waals surface area (Å²) < 4.78 is 5.53. The van der Waals surface area contributed by atoms with Crippen molar-refractivity contribution in [2.45, 2.75) is 12.8 Å². The molecule has 2 rings (SSSR count). The van der Waals surface area contributed by atoms with Crippen LogP contribution in [0.4, 0.5) is 0 Å². The van der Waals surface area contributed by atoms with Crippen molar-refractivity contribution in [1.29, 1.82) is 0 Å². The van der Waals surface area contributed by atoms with E-state index in [1.54, 1.807) is 6.20 Å². The summed E-state index contributed by atoms with van der Waals surface area (Å²) in [5.41, 5.74) is 6.54. The fraction of sp³-hybridized carbons (Fsp3) is 0.250. The van der Waals surface area contributed by atoms with Gasteiger partial charge in [0.05, 0.1) is 6.20 Å². The molecule has 4 heteroatoms. The number of hydrogen-bond acceptors (Lipinski definition) is 3. The molecule has 0 atom stereocenters. The highest BCUT2D eigenvalue weighted by Crippen LogP contribution is 2.15. The molecule has 0 aliphatic carbocycles. The van der Waals surface area contributed by atoms with Crippen LogP contribution in [0.3, 0.4) is 0 Å². The van der Waals surface area contributed by atoms with E-state index < -0.39 is 0 Å². The Morgan fingerprint density at radius 3 is 3.00 bits per heavy atom. The lowest BCUT2D eigenvalue weighted by atomic mass is 10.1. The van der Waals surface area contributed by atoms with Gasteiger partial charge < -0.3 is 10.2 Å². The summed E-state index contributed by atoms with van der Waals surface area (Å²) in [7, 11) is 0. The molecule has 16 heavy (non-hydrogen) atoms. The summed E-state index contributed by atoms with van der Waals surface area (Å²) in [6.45, 7) is 0.553. The normalized spacial score (nSPS) is 10.6. The Balaban J connectivity index is 2.08. The highest BCUT2D eigenvalue weighted by atomic mass is 35.5. The lowest BCUT2D eigenvalue weighted by Crippen LogP contribution is -2.02. The van der Waals surface area contributed by atoms with E-state index in [4.69, 9.17) is 21.8 Å². The van der Waals surface area contributed by atoms with Crippen molar-refractivity contribution in [3.05, 3.63) is 52.7 Å². The van der Waals surface area contributed by atoms with E-state index in [0.29, 0.717) is 25.3 Å². The average Bonchev–Trinajstić information content (AvgIpc) is 2.66. The van der Waals surface area contributed by atoms with Crippen molar-refractivity contribution in [3.8, 4) is 0 Å². The number of oxazole rings is 1.